The molecule has 306 valence electrons. The molecule has 4 aliphatic carbocycles. The van der Waals surface area contributed by atoms with Gasteiger partial charge in [0.25, 0.3) is 0 Å². The molecule has 12 nitrogen and oxygen atoms in total. The number of alkyl halides is 1. The minimum atomic E-state index is -2.07. The van der Waals surface area contributed by atoms with Gasteiger partial charge in [-0.1, -0.05) is 55.8 Å². The van der Waals surface area contributed by atoms with Crippen LogP contribution in [-0.4, -0.2) is 75.1 Å². The van der Waals surface area contributed by atoms with Crippen molar-refractivity contribution in [1.29, 1.82) is 5.41 Å². The van der Waals surface area contributed by atoms with E-state index >= 15 is 4.39 Å². The normalized spacial score (nSPS) is 31.6. The molecule has 1 aromatic heterocycles. The van der Waals surface area contributed by atoms with Crippen LogP contribution in [0.5, 0.6) is 0 Å². The fourth-order valence-electron chi connectivity index (χ4n) is 10.6. The average molecular weight is 795 g/mol. The molecule has 4 aliphatic rings. The van der Waals surface area contributed by atoms with Crippen LogP contribution in [0.3, 0.4) is 0 Å². The molecule has 6 N–H and O–H groups in total. The van der Waals surface area contributed by atoms with E-state index in [1.807, 2.05) is 18.2 Å². The molecule has 13 heteroatoms. The second-order valence-corrected chi connectivity index (χ2v) is 16.9. The number of nitrogens with two attached hydrogens (primary N) is 1. The van der Waals surface area contributed by atoms with E-state index in [1.54, 1.807) is 69.6 Å². The third-order valence-corrected chi connectivity index (χ3v) is 13.8. The zero-order valence-electron chi connectivity index (χ0n) is 33.0. The molecule has 0 radical (unpaired) electrons. The van der Waals surface area contributed by atoms with Crippen LogP contribution < -0.4 is 11.1 Å². The van der Waals surface area contributed by atoms with E-state index in [9.17, 15) is 29.4 Å². The Morgan fingerprint density at radius 3 is 2.50 bits per heavy atom. The molecule has 0 spiro atoms. The number of carbonyl (C=O) groups excluding carboxylic acids is 4. The highest BCUT2D eigenvalue weighted by Gasteiger charge is 2.75. The van der Waals surface area contributed by atoms with Crippen molar-refractivity contribution in [3.05, 3.63) is 95.9 Å². The number of nitrogens with one attached hydrogen (secondary N) is 2. The third kappa shape index (κ3) is 6.86. The number of allylic oxidation sites excluding steroid dienone is 4. The van der Waals surface area contributed by atoms with Crippen molar-refractivity contribution in [1.82, 2.24) is 4.98 Å². The van der Waals surface area contributed by atoms with Gasteiger partial charge >= 0.3 is 11.9 Å². The van der Waals surface area contributed by atoms with E-state index in [0.717, 1.165) is 10.8 Å². The van der Waals surface area contributed by atoms with E-state index in [1.165, 1.54) is 12.2 Å². The maximum Gasteiger partial charge on any atom is 0.306 e. The Morgan fingerprint density at radius 1 is 1.05 bits per heavy atom. The molecule has 3 aromatic rings. The lowest BCUT2D eigenvalue weighted by Crippen LogP contribution is -2.69. The van der Waals surface area contributed by atoms with Crippen molar-refractivity contribution in [2.75, 3.05) is 18.5 Å². The zero-order chi connectivity index (χ0) is 41.6. The monoisotopic (exact) mass is 794 g/mol. The molecule has 7 rings (SSSR count). The quantitative estimate of drug-likeness (QED) is 0.113. The fraction of sp³-hybridized carbons (Fsp3) is 0.467. The first-order valence-corrected chi connectivity index (χ1v) is 19.9. The summed E-state index contributed by atoms with van der Waals surface area (Å²) in [6.45, 7) is 4.80. The molecule has 1 amide bonds. The van der Waals surface area contributed by atoms with Crippen molar-refractivity contribution >= 4 is 45.8 Å². The summed E-state index contributed by atoms with van der Waals surface area (Å²) < 4.78 is 28.2. The van der Waals surface area contributed by atoms with Crippen molar-refractivity contribution in [3.63, 3.8) is 0 Å². The predicted molar refractivity (Wildman–Crippen MR) is 214 cm³/mol. The third-order valence-electron chi connectivity index (χ3n) is 13.8. The maximum absolute atomic E-state index is 17.5. The number of fused-ring (bicyclic) bond motifs is 6. The van der Waals surface area contributed by atoms with Gasteiger partial charge in [0.05, 0.1) is 30.6 Å². The van der Waals surface area contributed by atoms with Gasteiger partial charge in [0.1, 0.15) is 18.8 Å². The molecule has 0 aliphatic heterocycles. The number of hydrogen-bond acceptors (Lipinski definition) is 11. The topological polar surface area (TPSA) is 202 Å². The van der Waals surface area contributed by atoms with Crippen LogP contribution in [0, 0.1) is 34.0 Å². The number of ketones is 1. The van der Waals surface area contributed by atoms with Gasteiger partial charge in [-0.3, -0.25) is 24.2 Å². The van der Waals surface area contributed by atoms with Gasteiger partial charge < -0.3 is 36.1 Å². The van der Waals surface area contributed by atoms with Crippen molar-refractivity contribution in [2.45, 2.75) is 89.2 Å². The number of anilines is 1. The Hall–Kier alpha value is -5.11. The number of ether oxygens (including phenoxy) is 2. The van der Waals surface area contributed by atoms with Crippen LogP contribution in [0.15, 0.2) is 84.7 Å². The number of aliphatic hydroxyl groups excluding tert-OH is 1. The summed E-state index contributed by atoms with van der Waals surface area (Å²) in [5.41, 5.74) is 2.29. The number of rotatable bonds is 12. The summed E-state index contributed by atoms with van der Waals surface area (Å²) in [5, 5.41) is 37.6. The van der Waals surface area contributed by atoms with Crippen molar-refractivity contribution in [2.24, 2.45) is 34.3 Å². The standard InChI is InChI=1S/C45H51FN4O8/c1-26-18-36-35-11-9-31-20-33(51)14-16-42(31,2)44(35,46)38(52)21-43(36,3)45(26,56)37(48)25-58-40(54)13-12-39(53)57-24-27-4-6-28(7-5-27)34(22-47)41(55)50-32-10-8-30-23-49-17-15-29(30)19-32/h4-8,10,14-17,19-20,23,26,34-36,38,48,52,56H,9,11-13,18,21-22,24-25,47H2,1-3H3,(H,50,55)/t26-,34-,35+,36+,38+,42+,43+,44+,45+/m1/s1. The first-order valence-electron chi connectivity index (χ1n) is 19.9. The SMILES string of the molecule is C[C@@H]1C[C@H]2[C@@H]3CCC4=CC(=O)C=C[C@]4(C)[C@@]3(F)[C@@H](O)C[C@]2(C)[C@@]1(O)C(=N)COC(=O)CCC(=O)OCc1ccc([C@@H](CN)C(=O)Nc2ccc3cnccc3c2)cc1. The predicted octanol–water partition coefficient (Wildman–Crippen LogP) is 5.65. The number of halogens is 1. The van der Waals surface area contributed by atoms with E-state index < -0.39 is 64.5 Å². The highest BCUT2D eigenvalue weighted by Crippen LogP contribution is 2.70. The van der Waals surface area contributed by atoms with Crippen molar-refractivity contribution < 1.29 is 43.3 Å². The number of pyridine rings is 1. The van der Waals surface area contributed by atoms with E-state index in [-0.39, 0.29) is 55.7 Å². The summed E-state index contributed by atoms with van der Waals surface area (Å²) in [7, 11) is 0. The van der Waals surface area contributed by atoms with Crippen LogP contribution in [0.25, 0.3) is 10.8 Å². The average Bonchev–Trinajstić information content (AvgIpc) is 3.41. The van der Waals surface area contributed by atoms with Gasteiger partial charge in [0.2, 0.25) is 5.91 Å². The van der Waals surface area contributed by atoms with Gasteiger partial charge in [0.15, 0.2) is 11.5 Å². The molecule has 9 atom stereocenters. The molecule has 0 unspecified atom stereocenters. The van der Waals surface area contributed by atoms with Gasteiger partial charge in [-0.2, -0.15) is 0 Å². The summed E-state index contributed by atoms with van der Waals surface area (Å²) in [4.78, 5) is 54.7. The molecule has 1 heterocycles. The number of aromatic nitrogens is 1. The Bertz CT molecular complexity index is 2210. The van der Waals surface area contributed by atoms with Crippen molar-refractivity contribution in [3.8, 4) is 0 Å². The first-order chi connectivity index (χ1) is 27.5. The highest BCUT2D eigenvalue weighted by molar-refractivity contribution is 6.01. The number of carbonyl (C=O) groups is 4. The second kappa shape index (κ2) is 15.6. The lowest BCUT2D eigenvalue weighted by atomic mass is 9.44. The molecule has 3 fully saturated rings. The summed E-state index contributed by atoms with van der Waals surface area (Å²) in [5.74, 6) is -3.97. The first kappa shape index (κ1) is 41.1. The molecule has 3 saturated carbocycles. The Labute approximate surface area is 336 Å². The van der Waals surface area contributed by atoms with Crippen LogP contribution in [0.1, 0.15) is 76.3 Å². The number of nitrogens with zero attached hydrogens (tertiary/aromatic N) is 1. The van der Waals surface area contributed by atoms with Gasteiger partial charge in [-0.15, -0.1) is 0 Å². The number of esters is 2. The van der Waals surface area contributed by atoms with Crippen LogP contribution in [-0.2, 0) is 35.3 Å². The highest BCUT2D eigenvalue weighted by atomic mass is 19.1. The Kier molecular flexibility index (Phi) is 11.0. The second-order valence-electron chi connectivity index (χ2n) is 16.9. The van der Waals surface area contributed by atoms with Gasteiger partial charge in [0, 0.05) is 46.8 Å². The molecule has 0 saturated heterocycles. The number of hydrogen-bond donors (Lipinski definition) is 5. The number of benzene rings is 2. The Morgan fingerprint density at radius 2 is 1.78 bits per heavy atom. The lowest BCUT2D eigenvalue weighted by molar-refractivity contribution is -0.209. The van der Waals surface area contributed by atoms with Gasteiger partial charge in [-0.05, 0) is 91.3 Å². The Balaban J connectivity index is 0.890. The van der Waals surface area contributed by atoms with Crippen LogP contribution in [0.4, 0.5) is 10.1 Å². The fourth-order valence-corrected chi connectivity index (χ4v) is 10.6. The number of amides is 1. The summed E-state index contributed by atoms with van der Waals surface area (Å²) >= 11 is 0. The van der Waals surface area contributed by atoms with Crippen LogP contribution in [0.2, 0.25) is 0 Å². The van der Waals surface area contributed by atoms with E-state index in [4.69, 9.17) is 20.6 Å². The summed E-state index contributed by atoms with van der Waals surface area (Å²) in [6, 6.07) is 14.4. The molecule has 0 bridgehead atoms. The smallest absolute Gasteiger partial charge is 0.306 e. The van der Waals surface area contributed by atoms with E-state index in [0.29, 0.717) is 41.6 Å². The lowest BCUT2D eigenvalue weighted by Gasteiger charge is -2.62. The zero-order valence-corrected chi connectivity index (χ0v) is 33.0. The van der Waals surface area contributed by atoms with E-state index in [2.05, 4.69) is 10.3 Å². The molecular weight excluding hydrogens is 744 g/mol. The minimum absolute atomic E-state index is 0.0624. The van der Waals surface area contributed by atoms with Crippen LogP contribution >= 0.6 is 0 Å². The molecule has 2 aromatic carbocycles. The van der Waals surface area contributed by atoms with Gasteiger partial charge in [-0.25, -0.2) is 4.39 Å². The largest absolute Gasteiger partial charge is 0.461 e. The number of aliphatic hydroxyl groups is 2. The molecular formula is C45H51FN4O8. The maximum atomic E-state index is 17.5. The molecule has 58 heavy (non-hydrogen) atoms. The summed E-state index contributed by atoms with van der Waals surface area (Å²) in [6.07, 6.45) is 6.96. The minimum Gasteiger partial charge on any atom is -0.461 e.